The van der Waals surface area contributed by atoms with Crippen molar-refractivity contribution in [2.75, 3.05) is 13.1 Å². The highest BCUT2D eigenvalue weighted by Crippen LogP contribution is 2.39. The molecule has 2 N–H and O–H groups in total. The van der Waals surface area contributed by atoms with E-state index in [0.29, 0.717) is 11.8 Å². The molecule has 1 saturated heterocycles. The minimum absolute atomic E-state index is 0.104. The normalized spacial score (nSPS) is 44.1. The van der Waals surface area contributed by atoms with Crippen LogP contribution >= 0.6 is 0 Å². The lowest BCUT2D eigenvalue weighted by molar-refractivity contribution is -0.136. The molecule has 18 heavy (non-hydrogen) atoms. The third-order valence-corrected chi connectivity index (χ3v) is 5.52. The minimum atomic E-state index is 0.104. The molecule has 1 amide bonds. The van der Waals surface area contributed by atoms with E-state index in [1.807, 2.05) is 0 Å². The lowest BCUT2D eigenvalue weighted by Gasteiger charge is -2.34. The number of carbonyl (C=O) groups excluding carboxylic acids is 1. The average molecular weight is 250 g/mol. The van der Waals surface area contributed by atoms with Gasteiger partial charge in [0, 0.05) is 19.1 Å². The van der Waals surface area contributed by atoms with Gasteiger partial charge in [-0.3, -0.25) is 4.79 Å². The second-order valence-corrected chi connectivity index (χ2v) is 6.88. The van der Waals surface area contributed by atoms with Gasteiger partial charge < -0.3 is 10.6 Å². The van der Waals surface area contributed by atoms with Crippen LogP contribution in [0.3, 0.4) is 0 Å². The van der Waals surface area contributed by atoms with Gasteiger partial charge in [0.2, 0.25) is 5.91 Å². The van der Waals surface area contributed by atoms with Crippen molar-refractivity contribution < 1.29 is 4.79 Å². The quantitative estimate of drug-likeness (QED) is 0.774. The van der Waals surface area contributed by atoms with E-state index in [0.717, 1.165) is 37.8 Å². The topological polar surface area (TPSA) is 46.3 Å². The van der Waals surface area contributed by atoms with Gasteiger partial charge >= 0.3 is 0 Å². The van der Waals surface area contributed by atoms with Crippen LogP contribution in [0.2, 0.25) is 0 Å². The van der Waals surface area contributed by atoms with E-state index >= 15 is 0 Å². The SMILES string of the molecule is CC1CCC(N)C(C(=O)N2CC3CCCC3C2)C1. The van der Waals surface area contributed by atoms with Crippen LogP contribution in [0.5, 0.6) is 0 Å². The molecule has 0 aromatic rings. The fourth-order valence-corrected chi connectivity index (χ4v) is 4.34. The average Bonchev–Trinajstić information content (AvgIpc) is 2.91. The molecule has 5 atom stereocenters. The van der Waals surface area contributed by atoms with Crippen molar-refractivity contribution in [3.05, 3.63) is 0 Å². The zero-order valence-electron chi connectivity index (χ0n) is 11.5. The molecular formula is C15H26N2O. The number of amides is 1. The van der Waals surface area contributed by atoms with Crippen molar-refractivity contribution in [3.63, 3.8) is 0 Å². The smallest absolute Gasteiger partial charge is 0.227 e. The molecule has 3 nitrogen and oxygen atoms in total. The van der Waals surface area contributed by atoms with E-state index in [9.17, 15) is 4.79 Å². The third-order valence-electron chi connectivity index (χ3n) is 5.52. The van der Waals surface area contributed by atoms with Crippen LogP contribution in [0.1, 0.15) is 45.4 Å². The van der Waals surface area contributed by atoms with Gasteiger partial charge in [0.15, 0.2) is 0 Å². The van der Waals surface area contributed by atoms with Gasteiger partial charge in [-0.2, -0.15) is 0 Å². The number of likely N-dealkylation sites (tertiary alicyclic amines) is 1. The number of nitrogens with two attached hydrogens (primary N) is 1. The van der Waals surface area contributed by atoms with Crippen LogP contribution in [0.25, 0.3) is 0 Å². The molecule has 0 aromatic carbocycles. The summed E-state index contributed by atoms with van der Waals surface area (Å²) in [5, 5.41) is 0. The Morgan fingerprint density at radius 1 is 1.11 bits per heavy atom. The molecule has 3 fully saturated rings. The standard InChI is InChI=1S/C15H26N2O/c1-10-5-6-14(16)13(7-10)15(18)17-8-11-3-2-4-12(11)9-17/h10-14H,2-9,16H2,1H3. The molecule has 102 valence electrons. The lowest BCUT2D eigenvalue weighted by Crippen LogP contribution is -2.46. The summed E-state index contributed by atoms with van der Waals surface area (Å²) in [4.78, 5) is 14.8. The summed E-state index contributed by atoms with van der Waals surface area (Å²) in [7, 11) is 0. The Balaban J connectivity index is 1.64. The highest BCUT2D eigenvalue weighted by atomic mass is 16.2. The van der Waals surface area contributed by atoms with Gasteiger partial charge in [-0.05, 0) is 49.9 Å². The molecule has 0 radical (unpaired) electrons. The molecule has 2 aliphatic carbocycles. The molecule has 2 saturated carbocycles. The maximum absolute atomic E-state index is 12.6. The van der Waals surface area contributed by atoms with E-state index in [1.165, 1.54) is 25.7 Å². The first-order valence-corrected chi connectivity index (χ1v) is 7.69. The van der Waals surface area contributed by atoms with Crippen molar-refractivity contribution >= 4 is 5.91 Å². The molecule has 0 aromatic heterocycles. The summed E-state index contributed by atoms with van der Waals surface area (Å²) in [6.07, 6.45) is 7.26. The molecule has 3 heteroatoms. The predicted octanol–water partition coefficient (Wildman–Crippen LogP) is 2.01. The molecule has 3 rings (SSSR count). The Labute approximate surface area is 110 Å². The second kappa shape index (κ2) is 4.84. The van der Waals surface area contributed by atoms with E-state index in [2.05, 4.69) is 11.8 Å². The maximum atomic E-state index is 12.6. The Morgan fingerprint density at radius 2 is 1.78 bits per heavy atom. The highest BCUT2D eigenvalue weighted by molar-refractivity contribution is 5.80. The van der Waals surface area contributed by atoms with Crippen LogP contribution in [0.15, 0.2) is 0 Å². The minimum Gasteiger partial charge on any atom is -0.342 e. The van der Waals surface area contributed by atoms with E-state index < -0.39 is 0 Å². The van der Waals surface area contributed by atoms with Crippen molar-refractivity contribution in [2.24, 2.45) is 29.4 Å². The van der Waals surface area contributed by atoms with Gasteiger partial charge in [-0.25, -0.2) is 0 Å². The molecule has 0 spiro atoms. The first-order valence-electron chi connectivity index (χ1n) is 7.69. The van der Waals surface area contributed by atoms with E-state index in [-0.39, 0.29) is 12.0 Å². The molecule has 1 heterocycles. The van der Waals surface area contributed by atoms with Crippen molar-refractivity contribution in [2.45, 2.75) is 51.5 Å². The zero-order valence-corrected chi connectivity index (χ0v) is 11.5. The van der Waals surface area contributed by atoms with Crippen LogP contribution < -0.4 is 5.73 Å². The highest BCUT2D eigenvalue weighted by Gasteiger charge is 2.41. The van der Waals surface area contributed by atoms with Gasteiger partial charge in [0.05, 0.1) is 5.92 Å². The van der Waals surface area contributed by atoms with Crippen molar-refractivity contribution in [3.8, 4) is 0 Å². The fraction of sp³-hybridized carbons (Fsp3) is 0.933. The molecule has 5 unspecified atom stereocenters. The maximum Gasteiger partial charge on any atom is 0.227 e. The Bertz CT molecular complexity index is 318. The summed E-state index contributed by atoms with van der Waals surface area (Å²) >= 11 is 0. The number of hydrogen-bond donors (Lipinski definition) is 1. The molecular weight excluding hydrogens is 224 g/mol. The predicted molar refractivity (Wildman–Crippen MR) is 71.9 cm³/mol. The summed E-state index contributed by atoms with van der Waals surface area (Å²) in [6, 6.07) is 0.106. The monoisotopic (exact) mass is 250 g/mol. The second-order valence-electron chi connectivity index (χ2n) is 6.88. The number of fused-ring (bicyclic) bond motifs is 1. The van der Waals surface area contributed by atoms with Crippen LogP contribution in [-0.2, 0) is 4.79 Å². The van der Waals surface area contributed by atoms with E-state index in [1.54, 1.807) is 0 Å². The fourth-order valence-electron chi connectivity index (χ4n) is 4.34. The number of hydrogen-bond acceptors (Lipinski definition) is 2. The third kappa shape index (κ3) is 2.18. The molecule has 3 aliphatic rings. The zero-order chi connectivity index (χ0) is 12.7. The van der Waals surface area contributed by atoms with Crippen molar-refractivity contribution in [1.82, 2.24) is 4.90 Å². The first kappa shape index (κ1) is 12.5. The number of rotatable bonds is 1. The van der Waals surface area contributed by atoms with Gasteiger partial charge in [0.1, 0.15) is 0 Å². The van der Waals surface area contributed by atoms with Gasteiger partial charge in [-0.1, -0.05) is 13.3 Å². The van der Waals surface area contributed by atoms with E-state index in [4.69, 9.17) is 5.73 Å². The Morgan fingerprint density at radius 3 is 2.44 bits per heavy atom. The summed E-state index contributed by atoms with van der Waals surface area (Å²) < 4.78 is 0. The van der Waals surface area contributed by atoms with Crippen LogP contribution in [0.4, 0.5) is 0 Å². The van der Waals surface area contributed by atoms with Crippen molar-refractivity contribution in [1.29, 1.82) is 0 Å². The molecule has 0 bridgehead atoms. The van der Waals surface area contributed by atoms with Crippen LogP contribution in [0, 0.1) is 23.7 Å². The van der Waals surface area contributed by atoms with Crippen LogP contribution in [-0.4, -0.2) is 29.9 Å². The van der Waals surface area contributed by atoms with Gasteiger partial charge in [0.25, 0.3) is 0 Å². The summed E-state index contributed by atoms with van der Waals surface area (Å²) in [5.41, 5.74) is 6.18. The lowest BCUT2D eigenvalue weighted by atomic mass is 9.78. The Kier molecular flexibility index (Phi) is 3.35. The number of nitrogens with zero attached hydrogens (tertiary/aromatic N) is 1. The number of carbonyl (C=O) groups is 1. The summed E-state index contributed by atoms with van der Waals surface area (Å²) in [5.74, 6) is 2.73. The largest absolute Gasteiger partial charge is 0.342 e. The summed E-state index contributed by atoms with van der Waals surface area (Å²) in [6.45, 7) is 4.28. The first-order chi connectivity index (χ1) is 8.65. The Hall–Kier alpha value is -0.570. The van der Waals surface area contributed by atoms with Gasteiger partial charge in [-0.15, -0.1) is 0 Å². The molecule has 1 aliphatic heterocycles.